The quantitative estimate of drug-likeness (QED) is 0.550. The van der Waals surface area contributed by atoms with Crippen molar-refractivity contribution in [2.75, 3.05) is 6.54 Å². The molecule has 0 unspecified atom stereocenters. The molecular formula is C20H27N5O3. The number of nitrogens with zero attached hydrogens (tertiary/aromatic N) is 3. The fourth-order valence-corrected chi connectivity index (χ4v) is 3.50. The van der Waals surface area contributed by atoms with Crippen LogP contribution in [0.5, 0.6) is 0 Å². The van der Waals surface area contributed by atoms with E-state index in [1.165, 1.54) is 0 Å². The van der Waals surface area contributed by atoms with E-state index in [4.69, 9.17) is 0 Å². The van der Waals surface area contributed by atoms with Gasteiger partial charge in [0.2, 0.25) is 11.8 Å². The van der Waals surface area contributed by atoms with Crippen LogP contribution in [0.3, 0.4) is 0 Å². The topological polar surface area (TPSA) is 109 Å². The van der Waals surface area contributed by atoms with Crippen molar-refractivity contribution >= 4 is 11.8 Å². The van der Waals surface area contributed by atoms with Gasteiger partial charge in [-0.1, -0.05) is 6.07 Å². The van der Waals surface area contributed by atoms with Crippen LogP contribution >= 0.6 is 0 Å². The Balaban J connectivity index is 1.35. The van der Waals surface area contributed by atoms with E-state index in [1.54, 1.807) is 24.9 Å². The third kappa shape index (κ3) is 5.88. The molecule has 8 nitrogen and oxygen atoms in total. The molecule has 2 heterocycles. The molecule has 0 aliphatic heterocycles. The number of aromatic nitrogens is 3. The molecule has 0 aromatic carbocycles. The second-order valence-electron chi connectivity index (χ2n) is 7.22. The standard InChI is InChI=1S/C20H27N5O3/c26-18-12-16(20(28)23-7-2-9-25-10-8-22-14-25)11-17(18)24-19(27)5-4-15-3-1-6-21-13-15/h1,3,6,8,10,13-14,16-18,26H,2,4-5,7,9,11-12H2,(H,23,28)(H,24,27)/t16-,17+,18+/m0/s1. The minimum absolute atomic E-state index is 0.0585. The Bertz CT molecular complexity index is 750. The number of aryl methyl sites for hydroxylation is 2. The number of imidazole rings is 1. The van der Waals surface area contributed by atoms with Gasteiger partial charge in [0.05, 0.1) is 18.5 Å². The molecule has 28 heavy (non-hydrogen) atoms. The average Bonchev–Trinajstić information content (AvgIpc) is 3.34. The normalized spacial score (nSPS) is 21.4. The lowest BCUT2D eigenvalue weighted by atomic mass is 10.1. The summed E-state index contributed by atoms with van der Waals surface area (Å²) in [7, 11) is 0. The summed E-state index contributed by atoms with van der Waals surface area (Å²) in [5.74, 6) is -0.446. The molecule has 0 bridgehead atoms. The largest absolute Gasteiger partial charge is 0.391 e. The molecule has 2 aromatic heterocycles. The summed E-state index contributed by atoms with van der Waals surface area (Å²) in [6.07, 6.45) is 10.7. The predicted octanol–water partition coefficient (Wildman–Crippen LogP) is 0.673. The minimum Gasteiger partial charge on any atom is -0.391 e. The molecule has 0 saturated heterocycles. The lowest BCUT2D eigenvalue weighted by Gasteiger charge is -2.16. The van der Waals surface area contributed by atoms with Crippen LogP contribution in [0.1, 0.15) is 31.2 Å². The van der Waals surface area contributed by atoms with Gasteiger partial charge in [-0.05, 0) is 37.3 Å². The Labute approximate surface area is 164 Å². The van der Waals surface area contributed by atoms with Crippen molar-refractivity contribution in [2.24, 2.45) is 5.92 Å². The number of carbonyl (C=O) groups is 2. The van der Waals surface area contributed by atoms with Gasteiger partial charge in [0.15, 0.2) is 0 Å². The highest BCUT2D eigenvalue weighted by molar-refractivity contribution is 5.80. The van der Waals surface area contributed by atoms with E-state index < -0.39 is 6.10 Å². The van der Waals surface area contributed by atoms with Crippen LogP contribution in [-0.2, 0) is 22.6 Å². The van der Waals surface area contributed by atoms with E-state index in [0.29, 0.717) is 32.2 Å². The Morgan fingerprint density at radius 3 is 2.89 bits per heavy atom. The summed E-state index contributed by atoms with van der Waals surface area (Å²) in [5.41, 5.74) is 0.998. The number of aliphatic hydroxyl groups excluding tert-OH is 1. The summed E-state index contributed by atoms with van der Waals surface area (Å²) in [6.45, 7) is 1.37. The monoisotopic (exact) mass is 385 g/mol. The van der Waals surface area contributed by atoms with Crippen molar-refractivity contribution in [3.63, 3.8) is 0 Å². The highest BCUT2D eigenvalue weighted by atomic mass is 16.3. The van der Waals surface area contributed by atoms with Crippen molar-refractivity contribution in [3.8, 4) is 0 Å². The third-order valence-electron chi connectivity index (χ3n) is 5.06. The van der Waals surface area contributed by atoms with Crippen LogP contribution in [0.2, 0.25) is 0 Å². The minimum atomic E-state index is -0.691. The van der Waals surface area contributed by atoms with Gasteiger partial charge >= 0.3 is 0 Å². The summed E-state index contributed by atoms with van der Waals surface area (Å²) in [5, 5.41) is 16.0. The second-order valence-corrected chi connectivity index (χ2v) is 7.22. The smallest absolute Gasteiger partial charge is 0.223 e. The van der Waals surface area contributed by atoms with E-state index >= 15 is 0 Å². The number of nitrogens with one attached hydrogen (secondary N) is 2. The number of carbonyl (C=O) groups excluding carboxylic acids is 2. The zero-order valence-corrected chi connectivity index (χ0v) is 15.8. The van der Waals surface area contributed by atoms with E-state index in [9.17, 15) is 14.7 Å². The average molecular weight is 385 g/mol. The van der Waals surface area contributed by atoms with Gasteiger partial charge in [-0.15, -0.1) is 0 Å². The Hall–Kier alpha value is -2.74. The molecule has 8 heteroatoms. The van der Waals surface area contributed by atoms with Gasteiger partial charge in [-0.2, -0.15) is 0 Å². The van der Waals surface area contributed by atoms with Crippen molar-refractivity contribution in [1.29, 1.82) is 0 Å². The molecule has 3 atom stereocenters. The molecule has 1 aliphatic carbocycles. The first-order valence-corrected chi connectivity index (χ1v) is 9.71. The molecule has 1 aliphatic rings. The molecule has 0 spiro atoms. The van der Waals surface area contributed by atoms with Gasteiger partial charge < -0.3 is 20.3 Å². The highest BCUT2D eigenvalue weighted by Gasteiger charge is 2.37. The SMILES string of the molecule is O=C(CCc1cccnc1)N[C@@H]1C[C@H](C(=O)NCCCn2ccnc2)C[C@H]1O. The summed E-state index contributed by atoms with van der Waals surface area (Å²) in [4.78, 5) is 32.5. The molecule has 3 rings (SSSR count). The van der Waals surface area contributed by atoms with Crippen LogP contribution in [0.4, 0.5) is 0 Å². The van der Waals surface area contributed by atoms with Gasteiger partial charge in [0.25, 0.3) is 0 Å². The fourth-order valence-electron chi connectivity index (χ4n) is 3.50. The first-order chi connectivity index (χ1) is 13.6. The molecule has 0 radical (unpaired) electrons. The van der Waals surface area contributed by atoms with E-state index in [-0.39, 0.29) is 23.8 Å². The van der Waals surface area contributed by atoms with Gasteiger partial charge in [0, 0.05) is 50.2 Å². The number of hydrogen-bond acceptors (Lipinski definition) is 5. The van der Waals surface area contributed by atoms with Crippen LogP contribution in [0.15, 0.2) is 43.2 Å². The maximum absolute atomic E-state index is 12.3. The molecule has 2 amide bonds. The zero-order chi connectivity index (χ0) is 19.8. The molecule has 2 aromatic rings. The van der Waals surface area contributed by atoms with Crippen LogP contribution < -0.4 is 10.6 Å². The Kier molecular flexibility index (Phi) is 7.13. The van der Waals surface area contributed by atoms with Crippen molar-refractivity contribution in [1.82, 2.24) is 25.2 Å². The highest BCUT2D eigenvalue weighted by Crippen LogP contribution is 2.26. The number of hydrogen-bond donors (Lipinski definition) is 3. The fraction of sp³-hybridized carbons (Fsp3) is 0.500. The molecule has 1 saturated carbocycles. The van der Waals surface area contributed by atoms with E-state index in [0.717, 1.165) is 18.5 Å². The van der Waals surface area contributed by atoms with Gasteiger partial charge in [0.1, 0.15) is 0 Å². The number of rotatable bonds is 9. The summed E-state index contributed by atoms with van der Waals surface area (Å²) >= 11 is 0. The van der Waals surface area contributed by atoms with E-state index in [1.807, 2.05) is 22.9 Å². The zero-order valence-electron chi connectivity index (χ0n) is 15.8. The van der Waals surface area contributed by atoms with Crippen molar-refractivity contribution < 1.29 is 14.7 Å². The predicted molar refractivity (Wildman–Crippen MR) is 103 cm³/mol. The van der Waals surface area contributed by atoms with Crippen LogP contribution in [-0.4, -0.2) is 50.1 Å². The second kappa shape index (κ2) is 9.98. The van der Waals surface area contributed by atoms with E-state index in [2.05, 4.69) is 20.6 Å². The molecule has 1 fully saturated rings. The van der Waals surface area contributed by atoms with Crippen LogP contribution in [0, 0.1) is 5.92 Å². The van der Waals surface area contributed by atoms with Gasteiger partial charge in [-0.3, -0.25) is 14.6 Å². The number of pyridine rings is 1. The first kappa shape index (κ1) is 20.0. The molecule has 3 N–H and O–H groups in total. The third-order valence-corrected chi connectivity index (χ3v) is 5.06. The van der Waals surface area contributed by atoms with Crippen LogP contribution in [0.25, 0.3) is 0 Å². The Morgan fingerprint density at radius 2 is 2.14 bits per heavy atom. The van der Waals surface area contributed by atoms with Gasteiger partial charge in [-0.25, -0.2) is 4.98 Å². The maximum atomic E-state index is 12.3. The summed E-state index contributed by atoms with van der Waals surface area (Å²) < 4.78 is 1.96. The molecule has 150 valence electrons. The lowest BCUT2D eigenvalue weighted by Crippen LogP contribution is -2.40. The number of aliphatic hydroxyl groups is 1. The van der Waals surface area contributed by atoms with Crippen molar-refractivity contribution in [3.05, 3.63) is 48.8 Å². The summed E-state index contributed by atoms with van der Waals surface area (Å²) in [6, 6.07) is 3.40. The molecular weight excluding hydrogens is 358 g/mol. The number of amides is 2. The first-order valence-electron chi connectivity index (χ1n) is 9.71. The Morgan fingerprint density at radius 1 is 1.25 bits per heavy atom. The van der Waals surface area contributed by atoms with Crippen molar-refractivity contribution in [2.45, 2.75) is 50.8 Å². The maximum Gasteiger partial charge on any atom is 0.223 e. The lowest BCUT2D eigenvalue weighted by molar-refractivity contribution is -0.125.